The maximum absolute atomic E-state index is 5.93. The van der Waals surface area contributed by atoms with Gasteiger partial charge in [-0.3, -0.25) is 0 Å². The fraction of sp³-hybridized carbons (Fsp3) is 0.474. The number of methoxy groups -OCH3 is 1. The fourth-order valence-corrected chi connectivity index (χ4v) is 3.50. The smallest absolute Gasteiger partial charge is 0.147 e. The van der Waals surface area contributed by atoms with Gasteiger partial charge in [0.15, 0.2) is 0 Å². The number of nitrogens with two attached hydrogens (primary N) is 1. The number of ether oxygens (including phenoxy) is 1. The number of benzene rings is 1. The minimum absolute atomic E-state index is 0.294. The summed E-state index contributed by atoms with van der Waals surface area (Å²) >= 11 is 0. The lowest BCUT2D eigenvalue weighted by molar-refractivity contribution is 0.183. The van der Waals surface area contributed by atoms with Crippen LogP contribution in [0.4, 0.5) is 0 Å². The van der Waals surface area contributed by atoms with Crippen molar-refractivity contribution < 1.29 is 9.15 Å². The molecule has 4 rings (SSSR count). The Kier molecular flexibility index (Phi) is 5.01. The largest absolute Gasteiger partial charge is 0.460 e. The minimum atomic E-state index is 0.294. The van der Waals surface area contributed by atoms with Crippen LogP contribution in [0.3, 0.4) is 0 Å². The van der Waals surface area contributed by atoms with Gasteiger partial charge in [-0.25, -0.2) is 0 Å². The maximum Gasteiger partial charge on any atom is 0.147 e. The Morgan fingerprint density at radius 2 is 2.12 bits per heavy atom. The van der Waals surface area contributed by atoms with Gasteiger partial charge in [-0.2, -0.15) is 0 Å². The van der Waals surface area contributed by atoms with E-state index in [0.29, 0.717) is 31.7 Å². The highest BCUT2D eigenvalue weighted by Gasteiger charge is 2.32. The number of nitrogens with one attached hydrogen (secondary N) is 1. The molecule has 0 unspecified atom stereocenters. The van der Waals surface area contributed by atoms with Crippen molar-refractivity contribution in [1.82, 2.24) is 20.1 Å². The normalized spacial score (nSPS) is 19.8. The van der Waals surface area contributed by atoms with Crippen molar-refractivity contribution in [3.63, 3.8) is 0 Å². The van der Waals surface area contributed by atoms with Crippen LogP contribution in [0.1, 0.15) is 36.2 Å². The van der Waals surface area contributed by atoms with Crippen LogP contribution in [0.15, 0.2) is 34.7 Å². The van der Waals surface area contributed by atoms with E-state index in [1.807, 2.05) is 18.2 Å². The number of furan rings is 1. The molecule has 0 aliphatic heterocycles. The molecule has 0 bridgehead atoms. The predicted octanol–water partition coefficient (Wildman–Crippen LogP) is 2.17. The number of para-hydroxylation sites is 1. The van der Waals surface area contributed by atoms with Crippen LogP contribution in [0.25, 0.3) is 11.0 Å². The molecular formula is C19H25N5O2. The first-order valence-corrected chi connectivity index (χ1v) is 9.09. The molecule has 2 heterocycles. The van der Waals surface area contributed by atoms with Crippen molar-refractivity contribution in [2.45, 2.75) is 44.4 Å². The van der Waals surface area contributed by atoms with Crippen LogP contribution in [0.2, 0.25) is 0 Å². The van der Waals surface area contributed by atoms with Gasteiger partial charge in [0.05, 0.1) is 19.7 Å². The first-order valence-electron chi connectivity index (χ1n) is 9.09. The predicted molar refractivity (Wildman–Crippen MR) is 98.6 cm³/mol. The Morgan fingerprint density at radius 3 is 2.88 bits per heavy atom. The van der Waals surface area contributed by atoms with Crippen molar-refractivity contribution in [1.29, 1.82) is 0 Å². The Labute approximate surface area is 152 Å². The topological polar surface area (TPSA) is 91.1 Å². The van der Waals surface area contributed by atoms with Crippen molar-refractivity contribution in [2.75, 3.05) is 13.7 Å². The molecule has 2 aromatic heterocycles. The third-order valence-corrected chi connectivity index (χ3v) is 4.97. The fourth-order valence-electron chi connectivity index (χ4n) is 3.50. The summed E-state index contributed by atoms with van der Waals surface area (Å²) in [5.41, 5.74) is 6.85. The molecule has 1 aliphatic rings. The molecule has 0 atom stereocenters. The van der Waals surface area contributed by atoms with E-state index in [0.717, 1.165) is 47.8 Å². The summed E-state index contributed by atoms with van der Waals surface area (Å²) < 4.78 is 13.3. The van der Waals surface area contributed by atoms with E-state index < -0.39 is 0 Å². The van der Waals surface area contributed by atoms with Gasteiger partial charge in [0.2, 0.25) is 0 Å². The molecule has 0 spiro atoms. The number of nitrogens with zero attached hydrogens (tertiary/aromatic N) is 3. The Hall–Kier alpha value is -2.22. The molecule has 7 nitrogen and oxygen atoms in total. The van der Waals surface area contributed by atoms with Gasteiger partial charge in [-0.15, -0.1) is 10.2 Å². The van der Waals surface area contributed by atoms with E-state index in [2.05, 4.69) is 32.2 Å². The summed E-state index contributed by atoms with van der Waals surface area (Å²) in [6, 6.07) is 10.4. The van der Waals surface area contributed by atoms with Gasteiger partial charge in [0, 0.05) is 31.0 Å². The molecule has 138 valence electrons. The lowest BCUT2D eigenvalue weighted by Gasteiger charge is -2.31. The first-order chi connectivity index (χ1) is 12.7. The number of fused-ring (bicyclic) bond motifs is 1. The van der Waals surface area contributed by atoms with Crippen LogP contribution >= 0.6 is 0 Å². The highest BCUT2D eigenvalue weighted by molar-refractivity contribution is 5.77. The van der Waals surface area contributed by atoms with E-state index in [4.69, 9.17) is 14.9 Å². The minimum Gasteiger partial charge on any atom is -0.460 e. The molecule has 1 saturated carbocycles. The van der Waals surface area contributed by atoms with E-state index in [9.17, 15) is 0 Å². The average Bonchev–Trinajstić information content (AvgIpc) is 3.20. The molecule has 0 radical (unpaired) electrons. The molecule has 1 fully saturated rings. The summed E-state index contributed by atoms with van der Waals surface area (Å²) in [6.45, 7) is 2.68. The molecule has 26 heavy (non-hydrogen) atoms. The Morgan fingerprint density at radius 1 is 1.27 bits per heavy atom. The van der Waals surface area contributed by atoms with Crippen LogP contribution in [-0.4, -0.2) is 34.5 Å². The van der Waals surface area contributed by atoms with Gasteiger partial charge >= 0.3 is 0 Å². The summed E-state index contributed by atoms with van der Waals surface area (Å²) in [5.74, 6) is 3.29. The number of hydrogen-bond acceptors (Lipinski definition) is 6. The second-order valence-electron chi connectivity index (χ2n) is 6.90. The molecule has 7 heteroatoms. The van der Waals surface area contributed by atoms with E-state index >= 15 is 0 Å². The van der Waals surface area contributed by atoms with Crippen LogP contribution in [-0.2, 0) is 24.4 Å². The number of aromatic nitrogens is 3. The molecule has 1 aromatic carbocycles. The zero-order chi connectivity index (χ0) is 17.9. The third kappa shape index (κ3) is 3.51. The zero-order valence-electron chi connectivity index (χ0n) is 15.0. The maximum atomic E-state index is 5.93. The van der Waals surface area contributed by atoms with Gasteiger partial charge in [-0.05, 0) is 25.0 Å². The van der Waals surface area contributed by atoms with Gasteiger partial charge < -0.3 is 24.8 Å². The lowest BCUT2D eigenvalue weighted by atomic mass is 9.80. The van der Waals surface area contributed by atoms with Crippen molar-refractivity contribution in [2.24, 2.45) is 5.73 Å². The van der Waals surface area contributed by atoms with Gasteiger partial charge in [0.1, 0.15) is 23.0 Å². The summed E-state index contributed by atoms with van der Waals surface area (Å²) in [7, 11) is 1.71. The molecule has 1 aliphatic carbocycles. The van der Waals surface area contributed by atoms with Crippen molar-refractivity contribution in [3.05, 3.63) is 47.7 Å². The number of rotatable bonds is 8. The Bertz CT molecular complexity index is 833. The molecular weight excluding hydrogens is 330 g/mol. The summed E-state index contributed by atoms with van der Waals surface area (Å²) in [5, 5.41) is 13.4. The van der Waals surface area contributed by atoms with Crippen molar-refractivity contribution in [3.8, 4) is 0 Å². The molecule has 0 saturated heterocycles. The third-order valence-electron chi connectivity index (χ3n) is 4.97. The van der Waals surface area contributed by atoms with Gasteiger partial charge in [-0.1, -0.05) is 18.2 Å². The lowest BCUT2D eigenvalue weighted by Crippen LogP contribution is -2.36. The molecule has 3 aromatic rings. The average molecular weight is 355 g/mol. The van der Waals surface area contributed by atoms with E-state index in [1.165, 1.54) is 0 Å². The monoisotopic (exact) mass is 355 g/mol. The standard InChI is InChI=1S/C19H25N5O2/c1-25-7-6-24-18(22-23-19(24)14-8-15(20)9-14)12-21-11-16-10-13-4-2-3-5-17(13)26-16/h2-5,10,14-15,21H,6-9,11-12,20H2,1H3. The van der Waals surface area contributed by atoms with Gasteiger partial charge in [0.25, 0.3) is 0 Å². The second kappa shape index (κ2) is 7.57. The van der Waals surface area contributed by atoms with Crippen LogP contribution < -0.4 is 11.1 Å². The van der Waals surface area contributed by atoms with Crippen LogP contribution in [0.5, 0.6) is 0 Å². The SMILES string of the molecule is COCCn1c(CNCc2cc3ccccc3o2)nnc1C1CC(N)C1. The first kappa shape index (κ1) is 17.2. The highest BCUT2D eigenvalue weighted by Crippen LogP contribution is 2.34. The Balaban J connectivity index is 1.41. The quantitative estimate of drug-likeness (QED) is 0.643. The number of hydrogen-bond donors (Lipinski definition) is 2. The highest BCUT2D eigenvalue weighted by atomic mass is 16.5. The second-order valence-corrected chi connectivity index (χ2v) is 6.90. The molecule has 0 amide bonds. The zero-order valence-corrected chi connectivity index (χ0v) is 15.0. The van der Waals surface area contributed by atoms with Crippen molar-refractivity contribution >= 4 is 11.0 Å². The van der Waals surface area contributed by atoms with E-state index in [1.54, 1.807) is 7.11 Å². The van der Waals surface area contributed by atoms with E-state index in [-0.39, 0.29) is 0 Å². The summed E-state index contributed by atoms with van der Waals surface area (Å²) in [4.78, 5) is 0. The molecule has 3 N–H and O–H groups in total. The summed E-state index contributed by atoms with van der Waals surface area (Å²) in [6.07, 6.45) is 1.97. The van der Waals surface area contributed by atoms with Crippen LogP contribution in [0, 0.1) is 0 Å².